The van der Waals surface area contributed by atoms with Crippen molar-refractivity contribution in [3.05, 3.63) is 12.2 Å². The summed E-state index contributed by atoms with van der Waals surface area (Å²) in [5.41, 5.74) is 0. The molecule has 1 fully saturated rings. The summed E-state index contributed by atoms with van der Waals surface area (Å²) in [5.74, 6) is 5.13. The third-order valence-electron chi connectivity index (χ3n) is 3.56. The molecule has 4 heteroatoms. The molecule has 0 aromatic rings. The number of carboxylic acids is 1. The summed E-state index contributed by atoms with van der Waals surface area (Å²) < 4.78 is 0. The van der Waals surface area contributed by atoms with Crippen LogP contribution < -0.4 is 0 Å². The molecule has 0 heterocycles. The highest BCUT2D eigenvalue weighted by Gasteiger charge is 2.32. The Morgan fingerprint density at radius 3 is 2.90 bits per heavy atom. The van der Waals surface area contributed by atoms with E-state index in [0.29, 0.717) is 25.7 Å². The maximum atomic E-state index is 11.8. The molecule has 0 saturated heterocycles. The molecule has 1 saturated carbocycles. The Labute approximate surface area is 119 Å². The Hall–Kier alpha value is -1.60. The monoisotopic (exact) mass is 278 g/mol. The van der Waals surface area contributed by atoms with Crippen LogP contribution in [0.3, 0.4) is 0 Å². The second kappa shape index (κ2) is 8.55. The molecular weight excluding hydrogens is 256 g/mol. The Morgan fingerprint density at radius 2 is 2.25 bits per heavy atom. The summed E-state index contributed by atoms with van der Waals surface area (Å²) in [4.78, 5) is 22.2. The van der Waals surface area contributed by atoms with Gasteiger partial charge in [0, 0.05) is 25.2 Å². The number of rotatable bonds is 6. The number of Topliss-reactive ketones (excluding diaryl/α,β-unsaturated/α-hetero) is 1. The Morgan fingerprint density at radius 1 is 1.50 bits per heavy atom. The summed E-state index contributed by atoms with van der Waals surface area (Å²) in [5, 5.41) is 18.0. The third-order valence-corrected chi connectivity index (χ3v) is 3.56. The second-order valence-electron chi connectivity index (χ2n) is 5.09. The van der Waals surface area contributed by atoms with Crippen molar-refractivity contribution in [2.75, 3.05) is 0 Å². The van der Waals surface area contributed by atoms with Gasteiger partial charge in [-0.25, -0.2) is 0 Å². The van der Waals surface area contributed by atoms with E-state index in [2.05, 4.69) is 11.8 Å². The third kappa shape index (κ3) is 5.58. The van der Waals surface area contributed by atoms with E-state index < -0.39 is 12.1 Å². The molecule has 3 unspecified atom stereocenters. The van der Waals surface area contributed by atoms with E-state index in [0.717, 1.165) is 6.42 Å². The fraction of sp³-hybridized carbons (Fsp3) is 0.625. The molecule has 0 spiro atoms. The molecule has 1 rings (SSSR count). The van der Waals surface area contributed by atoms with Gasteiger partial charge in [-0.1, -0.05) is 19.1 Å². The number of aliphatic hydroxyl groups is 1. The van der Waals surface area contributed by atoms with Gasteiger partial charge in [-0.2, -0.15) is 0 Å². The maximum Gasteiger partial charge on any atom is 0.304 e. The molecule has 20 heavy (non-hydrogen) atoms. The van der Waals surface area contributed by atoms with E-state index in [-0.39, 0.29) is 24.0 Å². The van der Waals surface area contributed by atoms with Gasteiger partial charge in [0.2, 0.25) is 0 Å². The molecule has 4 nitrogen and oxygen atoms in total. The fourth-order valence-electron chi connectivity index (χ4n) is 2.28. The largest absolute Gasteiger partial charge is 0.481 e. The summed E-state index contributed by atoms with van der Waals surface area (Å²) in [6, 6.07) is 0. The number of carboxylic acid groups (broad SMARTS) is 1. The van der Waals surface area contributed by atoms with E-state index in [1.54, 1.807) is 6.08 Å². The highest BCUT2D eigenvalue weighted by molar-refractivity contribution is 5.84. The van der Waals surface area contributed by atoms with Gasteiger partial charge >= 0.3 is 5.97 Å². The van der Waals surface area contributed by atoms with Crippen LogP contribution in [0.25, 0.3) is 0 Å². The van der Waals surface area contributed by atoms with E-state index in [1.165, 1.54) is 0 Å². The van der Waals surface area contributed by atoms with Crippen LogP contribution in [0.15, 0.2) is 12.2 Å². The maximum absolute atomic E-state index is 11.8. The van der Waals surface area contributed by atoms with Crippen LogP contribution in [0.2, 0.25) is 0 Å². The van der Waals surface area contributed by atoms with E-state index in [9.17, 15) is 14.7 Å². The number of hydrogen-bond acceptors (Lipinski definition) is 3. The number of aliphatic hydroxyl groups excluding tert-OH is 1. The van der Waals surface area contributed by atoms with Crippen molar-refractivity contribution in [1.29, 1.82) is 0 Å². The minimum atomic E-state index is -0.856. The first kappa shape index (κ1) is 16.5. The number of carbonyl (C=O) groups excluding carboxylic acids is 1. The zero-order valence-corrected chi connectivity index (χ0v) is 11.8. The minimum absolute atomic E-state index is 0.0393. The summed E-state index contributed by atoms with van der Waals surface area (Å²) in [6.45, 7) is 1.90. The lowest BCUT2D eigenvalue weighted by atomic mass is 9.91. The van der Waals surface area contributed by atoms with Crippen LogP contribution in [-0.4, -0.2) is 28.1 Å². The van der Waals surface area contributed by atoms with Crippen LogP contribution in [0.5, 0.6) is 0 Å². The second-order valence-corrected chi connectivity index (χ2v) is 5.09. The van der Waals surface area contributed by atoms with Crippen molar-refractivity contribution in [1.82, 2.24) is 0 Å². The SMILES string of the molecule is CCC(O)/C=C/C1CCC(=O)C1CC#CCCC(=O)O. The summed E-state index contributed by atoms with van der Waals surface area (Å²) in [7, 11) is 0. The standard InChI is InChI=1S/C16H22O4/c1-2-13(17)10-8-12-9-11-15(18)14(12)6-4-3-5-7-16(19)20/h8,10,12-14,17H,2,5-7,9,11H2,1H3,(H,19,20)/b10-8+. The summed E-state index contributed by atoms with van der Waals surface area (Å²) >= 11 is 0. The van der Waals surface area contributed by atoms with Gasteiger partial charge in [0.15, 0.2) is 0 Å². The van der Waals surface area contributed by atoms with Gasteiger partial charge < -0.3 is 10.2 Å². The fourth-order valence-corrected chi connectivity index (χ4v) is 2.28. The molecule has 0 radical (unpaired) electrons. The predicted octanol–water partition coefficient (Wildman–Crippen LogP) is 2.17. The topological polar surface area (TPSA) is 74.6 Å². The lowest BCUT2D eigenvalue weighted by Gasteiger charge is -2.12. The Kier molecular flexibility index (Phi) is 7.03. The molecule has 0 aromatic heterocycles. The van der Waals surface area contributed by atoms with Crippen molar-refractivity contribution >= 4 is 11.8 Å². The highest BCUT2D eigenvalue weighted by atomic mass is 16.4. The molecule has 3 atom stereocenters. The average Bonchev–Trinajstić information content (AvgIpc) is 2.76. The van der Waals surface area contributed by atoms with Gasteiger partial charge in [0.25, 0.3) is 0 Å². The van der Waals surface area contributed by atoms with Gasteiger partial charge in [0.05, 0.1) is 12.5 Å². The van der Waals surface area contributed by atoms with Crippen LogP contribution in [0.1, 0.15) is 45.4 Å². The smallest absolute Gasteiger partial charge is 0.304 e. The normalized spacial score (nSPS) is 23.6. The molecule has 1 aliphatic rings. The molecule has 0 bridgehead atoms. The van der Waals surface area contributed by atoms with Crippen LogP contribution in [-0.2, 0) is 9.59 Å². The lowest BCUT2D eigenvalue weighted by molar-refractivity contribution is -0.136. The molecule has 2 N–H and O–H groups in total. The number of ketones is 1. The van der Waals surface area contributed by atoms with Crippen molar-refractivity contribution in [2.45, 2.75) is 51.6 Å². The molecule has 1 aliphatic carbocycles. The van der Waals surface area contributed by atoms with Gasteiger partial charge in [0.1, 0.15) is 5.78 Å². The van der Waals surface area contributed by atoms with E-state index in [4.69, 9.17) is 5.11 Å². The van der Waals surface area contributed by atoms with E-state index in [1.807, 2.05) is 13.0 Å². The lowest BCUT2D eigenvalue weighted by Crippen LogP contribution is -2.13. The average molecular weight is 278 g/mol. The quantitative estimate of drug-likeness (QED) is 0.577. The number of hydrogen-bond donors (Lipinski definition) is 2. The Balaban J connectivity index is 2.50. The molecule has 0 aromatic carbocycles. The minimum Gasteiger partial charge on any atom is -0.481 e. The highest BCUT2D eigenvalue weighted by Crippen LogP contribution is 2.32. The molecule has 0 amide bonds. The number of aliphatic carboxylic acids is 1. The van der Waals surface area contributed by atoms with Crippen molar-refractivity contribution in [2.24, 2.45) is 11.8 Å². The Bertz CT molecular complexity index is 427. The van der Waals surface area contributed by atoms with Crippen LogP contribution >= 0.6 is 0 Å². The van der Waals surface area contributed by atoms with E-state index >= 15 is 0 Å². The molecule has 110 valence electrons. The van der Waals surface area contributed by atoms with Gasteiger partial charge in [-0.05, 0) is 18.8 Å². The first-order valence-corrected chi connectivity index (χ1v) is 7.11. The molecule has 0 aliphatic heterocycles. The zero-order valence-electron chi connectivity index (χ0n) is 11.8. The zero-order chi connectivity index (χ0) is 15.0. The summed E-state index contributed by atoms with van der Waals surface area (Å²) in [6.07, 6.45) is 6.13. The van der Waals surface area contributed by atoms with Gasteiger partial charge in [-0.15, -0.1) is 11.8 Å². The van der Waals surface area contributed by atoms with Crippen molar-refractivity contribution in [3.63, 3.8) is 0 Å². The predicted molar refractivity (Wildman–Crippen MR) is 75.9 cm³/mol. The van der Waals surface area contributed by atoms with Crippen LogP contribution in [0, 0.1) is 23.7 Å². The first-order valence-electron chi connectivity index (χ1n) is 7.11. The van der Waals surface area contributed by atoms with Gasteiger partial charge in [-0.3, -0.25) is 9.59 Å². The number of carbonyl (C=O) groups is 2. The molecular formula is C16H22O4. The number of allylic oxidation sites excluding steroid dienone is 1. The van der Waals surface area contributed by atoms with Crippen molar-refractivity contribution < 1.29 is 19.8 Å². The van der Waals surface area contributed by atoms with Crippen LogP contribution in [0.4, 0.5) is 0 Å². The first-order chi connectivity index (χ1) is 9.54. The van der Waals surface area contributed by atoms with Crippen molar-refractivity contribution in [3.8, 4) is 11.8 Å².